The third-order valence-electron chi connectivity index (χ3n) is 3.85. The Labute approximate surface area is 130 Å². The molecule has 0 unspecified atom stereocenters. The second kappa shape index (κ2) is 4.87. The van der Waals surface area contributed by atoms with Crippen molar-refractivity contribution in [1.82, 2.24) is 0 Å². The molecular weight excluding hydrogens is 328 g/mol. The second-order valence-electron chi connectivity index (χ2n) is 5.11. The van der Waals surface area contributed by atoms with Crippen molar-refractivity contribution in [3.8, 4) is 0 Å². The number of hydrogen-bond acceptors (Lipinski definition) is 1. The molecule has 0 spiro atoms. The molecule has 0 amide bonds. The van der Waals surface area contributed by atoms with Gasteiger partial charge in [-0.15, -0.1) is 11.3 Å². The molecule has 0 saturated heterocycles. The minimum Gasteiger partial charge on any atom is -0.135 e. The van der Waals surface area contributed by atoms with Crippen molar-refractivity contribution in [2.75, 3.05) is 0 Å². The quantitative estimate of drug-likeness (QED) is 0.473. The van der Waals surface area contributed by atoms with Gasteiger partial charge in [-0.2, -0.15) is 0 Å². The summed E-state index contributed by atoms with van der Waals surface area (Å²) in [6.07, 6.45) is 6.64. The Balaban J connectivity index is 1.89. The van der Waals surface area contributed by atoms with Crippen molar-refractivity contribution in [3.63, 3.8) is 0 Å². The van der Waals surface area contributed by atoms with Crippen LogP contribution in [-0.2, 0) is 0 Å². The molecule has 3 aromatic rings. The number of benzene rings is 2. The molecule has 0 nitrogen and oxygen atoms in total. The molecule has 0 N–H and O–H groups in total. The van der Waals surface area contributed by atoms with Gasteiger partial charge in [0.05, 0.1) is 0 Å². The van der Waals surface area contributed by atoms with Crippen LogP contribution >= 0.6 is 27.3 Å². The fourth-order valence-corrected chi connectivity index (χ4v) is 4.25. The molecule has 1 aromatic heterocycles. The molecule has 0 saturated carbocycles. The van der Waals surface area contributed by atoms with Crippen LogP contribution < -0.4 is 0 Å². The molecule has 4 rings (SSSR count). The second-order valence-corrected chi connectivity index (χ2v) is 7.22. The third-order valence-corrected chi connectivity index (χ3v) is 5.64. The Hall–Kier alpha value is -1.38. The van der Waals surface area contributed by atoms with Gasteiger partial charge in [-0.25, -0.2) is 0 Å². The van der Waals surface area contributed by atoms with Gasteiger partial charge in [0.25, 0.3) is 0 Å². The summed E-state index contributed by atoms with van der Waals surface area (Å²) in [7, 11) is 0. The maximum Gasteiger partial charge on any atom is 0.0361 e. The molecule has 1 aliphatic rings. The third kappa shape index (κ3) is 2.04. The molecule has 0 radical (unpaired) electrons. The van der Waals surface area contributed by atoms with Crippen LogP contribution in [0, 0.1) is 0 Å². The molecule has 98 valence electrons. The van der Waals surface area contributed by atoms with Crippen molar-refractivity contribution in [2.45, 2.75) is 12.8 Å². The molecule has 1 heterocycles. The molecule has 0 atom stereocenters. The lowest BCUT2D eigenvalue weighted by atomic mass is 9.96. The lowest BCUT2D eigenvalue weighted by Crippen LogP contribution is -1.89. The number of rotatable bonds is 1. The molecule has 1 aliphatic carbocycles. The van der Waals surface area contributed by atoms with Gasteiger partial charge in [-0.05, 0) is 40.6 Å². The van der Waals surface area contributed by atoms with Crippen molar-refractivity contribution < 1.29 is 0 Å². The number of halogens is 1. The summed E-state index contributed by atoms with van der Waals surface area (Å²) in [4.78, 5) is 0. The van der Waals surface area contributed by atoms with Crippen LogP contribution in [0.5, 0.6) is 0 Å². The summed E-state index contributed by atoms with van der Waals surface area (Å²) in [6.45, 7) is 0. The van der Waals surface area contributed by atoms with Gasteiger partial charge >= 0.3 is 0 Å². The SMILES string of the molecule is BrC1=CC=C(c2ccc3c(c2)sc2ccccc23)CC1. The number of thiophene rings is 1. The van der Waals surface area contributed by atoms with E-state index in [1.165, 1.54) is 35.8 Å². The van der Waals surface area contributed by atoms with E-state index in [1.807, 2.05) is 11.3 Å². The Morgan fingerprint density at radius 2 is 1.70 bits per heavy atom. The van der Waals surface area contributed by atoms with Crippen LogP contribution in [0.3, 0.4) is 0 Å². The summed E-state index contributed by atoms with van der Waals surface area (Å²) in [6, 6.07) is 15.5. The first-order chi connectivity index (χ1) is 9.81. The van der Waals surface area contributed by atoms with E-state index < -0.39 is 0 Å². The van der Waals surface area contributed by atoms with Crippen molar-refractivity contribution >= 4 is 53.0 Å². The Bertz CT molecular complexity index is 867. The highest BCUT2D eigenvalue weighted by molar-refractivity contribution is 9.11. The van der Waals surface area contributed by atoms with E-state index in [0.29, 0.717) is 0 Å². The Morgan fingerprint density at radius 1 is 0.850 bits per heavy atom. The lowest BCUT2D eigenvalue weighted by molar-refractivity contribution is 1.04. The van der Waals surface area contributed by atoms with Crippen LogP contribution in [0.4, 0.5) is 0 Å². The number of hydrogen-bond donors (Lipinski definition) is 0. The first-order valence-corrected chi connectivity index (χ1v) is 8.39. The molecule has 0 bridgehead atoms. The van der Waals surface area contributed by atoms with Gasteiger partial charge < -0.3 is 0 Å². The van der Waals surface area contributed by atoms with Gasteiger partial charge in [-0.1, -0.05) is 58.4 Å². The van der Waals surface area contributed by atoms with Gasteiger partial charge in [0.1, 0.15) is 0 Å². The molecule has 0 fully saturated rings. The summed E-state index contributed by atoms with van der Waals surface area (Å²) in [5, 5.41) is 2.75. The smallest absolute Gasteiger partial charge is 0.0361 e. The standard InChI is InChI=1S/C18H13BrS/c19-14-8-5-12(6-9-14)13-7-10-16-15-3-1-2-4-17(15)20-18(16)11-13/h1-5,7-8,10-11H,6,9H2. The normalized spacial score (nSPS) is 15.4. The van der Waals surface area contributed by atoms with Crippen LogP contribution in [0.1, 0.15) is 18.4 Å². The molecule has 0 aliphatic heterocycles. The van der Waals surface area contributed by atoms with Gasteiger partial charge in [-0.3, -0.25) is 0 Å². The van der Waals surface area contributed by atoms with E-state index in [9.17, 15) is 0 Å². The van der Waals surface area contributed by atoms with Crippen molar-refractivity contribution in [2.24, 2.45) is 0 Å². The van der Waals surface area contributed by atoms with Crippen molar-refractivity contribution in [3.05, 3.63) is 64.7 Å². The Kier molecular flexibility index (Phi) is 3.01. The summed E-state index contributed by atoms with van der Waals surface area (Å²) in [5.74, 6) is 0. The first kappa shape index (κ1) is 12.4. The predicted molar refractivity (Wildman–Crippen MR) is 93.6 cm³/mol. The summed E-state index contributed by atoms with van der Waals surface area (Å²) < 4.78 is 4.06. The van der Waals surface area contributed by atoms with Crippen LogP contribution in [0.2, 0.25) is 0 Å². The van der Waals surface area contributed by atoms with Crippen LogP contribution in [-0.4, -0.2) is 0 Å². The molecule has 2 aromatic carbocycles. The van der Waals surface area contributed by atoms with Crippen molar-refractivity contribution in [1.29, 1.82) is 0 Å². The largest absolute Gasteiger partial charge is 0.135 e. The van der Waals surface area contributed by atoms with Crippen LogP contribution in [0.15, 0.2) is 59.1 Å². The van der Waals surface area contributed by atoms with E-state index in [2.05, 4.69) is 70.5 Å². The highest BCUT2D eigenvalue weighted by Crippen LogP contribution is 2.37. The maximum absolute atomic E-state index is 3.57. The van der Waals surface area contributed by atoms with E-state index >= 15 is 0 Å². The summed E-state index contributed by atoms with van der Waals surface area (Å²) >= 11 is 5.46. The molecule has 2 heteroatoms. The minimum atomic E-state index is 1.11. The Morgan fingerprint density at radius 3 is 2.55 bits per heavy atom. The maximum atomic E-state index is 3.57. The van der Waals surface area contributed by atoms with Gasteiger partial charge in [0, 0.05) is 20.2 Å². The first-order valence-electron chi connectivity index (χ1n) is 6.78. The minimum absolute atomic E-state index is 1.11. The fraction of sp³-hybridized carbons (Fsp3) is 0.111. The fourth-order valence-electron chi connectivity index (χ4n) is 2.78. The average Bonchev–Trinajstić information content (AvgIpc) is 2.85. The molecular formula is C18H13BrS. The van der Waals surface area contributed by atoms with E-state index in [0.717, 1.165) is 12.8 Å². The molecule has 20 heavy (non-hydrogen) atoms. The summed E-state index contributed by atoms with van der Waals surface area (Å²) in [5.41, 5.74) is 2.80. The highest BCUT2D eigenvalue weighted by Gasteiger charge is 2.09. The average molecular weight is 341 g/mol. The van der Waals surface area contributed by atoms with E-state index in [4.69, 9.17) is 0 Å². The zero-order valence-corrected chi connectivity index (χ0v) is 13.3. The number of fused-ring (bicyclic) bond motifs is 3. The topological polar surface area (TPSA) is 0 Å². The lowest BCUT2D eigenvalue weighted by Gasteiger charge is -2.11. The zero-order chi connectivity index (χ0) is 13.5. The zero-order valence-electron chi connectivity index (χ0n) is 10.9. The predicted octanol–water partition coefficient (Wildman–Crippen LogP) is 6.51. The monoisotopic (exact) mass is 340 g/mol. The van der Waals surface area contributed by atoms with E-state index in [1.54, 1.807) is 0 Å². The van der Waals surface area contributed by atoms with Gasteiger partial charge in [0.2, 0.25) is 0 Å². The highest BCUT2D eigenvalue weighted by atomic mass is 79.9. The van der Waals surface area contributed by atoms with Gasteiger partial charge in [0.15, 0.2) is 0 Å². The van der Waals surface area contributed by atoms with Crippen LogP contribution in [0.25, 0.3) is 25.7 Å². The number of allylic oxidation sites excluding steroid dienone is 4. The van der Waals surface area contributed by atoms with E-state index in [-0.39, 0.29) is 0 Å².